The normalized spacial score (nSPS) is 11.3. The van der Waals surface area contributed by atoms with Gasteiger partial charge in [0.05, 0.1) is 6.54 Å². The molecular formula is C18H22FN5O3. The van der Waals surface area contributed by atoms with Crippen molar-refractivity contribution in [3.8, 4) is 0 Å². The minimum atomic E-state index is -0.542. The van der Waals surface area contributed by atoms with Crippen molar-refractivity contribution in [2.45, 2.75) is 13.0 Å². The van der Waals surface area contributed by atoms with Gasteiger partial charge >= 0.3 is 5.69 Å². The number of nitrogens with zero attached hydrogens (tertiary/aromatic N) is 4. The zero-order valence-corrected chi connectivity index (χ0v) is 15.5. The molecule has 2 heterocycles. The zero-order valence-electron chi connectivity index (χ0n) is 15.5. The van der Waals surface area contributed by atoms with Crippen molar-refractivity contribution in [1.82, 2.24) is 18.7 Å². The van der Waals surface area contributed by atoms with E-state index in [1.165, 1.54) is 10.6 Å². The van der Waals surface area contributed by atoms with E-state index >= 15 is 0 Å². The zero-order chi connectivity index (χ0) is 19.6. The van der Waals surface area contributed by atoms with Crippen LogP contribution in [0.4, 0.5) is 10.3 Å². The molecule has 0 fully saturated rings. The lowest BCUT2D eigenvalue weighted by molar-refractivity contribution is 0.197. The van der Waals surface area contributed by atoms with Gasteiger partial charge in [0.1, 0.15) is 5.82 Å². The first-order valence-electron chi connectivity index (χ1n) is 8.58. The van der Waals surface area contributed by atoms with E-state index in [0.29, 0.717) is 19.1 Å². The van der Waals surface area contributed by atoms with Crippen LogP contribution in [0, 0.1) is 5.82 Å². The summed E-state index contributed by atoms with van der Waals surface area (Å²) in [7, 11) is 4.87. The van der Waals surface area contributed by atoms with E-state index < -0.39 is 17.1 Å². The Morgan fingerprint density at radius 2 is 1.93 bits per heavy atom. The summed E-state index contributed by atoms with van der Waals surface area (Å²) >= 11 is 0. The molecular weight excluding hydrogens is 353 g/mol. The molecule has 1 N–H and O–H groups in total. The van der Waals surface area contributed by atoms with Crippen molar-refractivity contribution >= 4 is 17.1 Å². The summed E-state index contributed by atoms with van der Waals surface area (Å²) < 4.78 is 22.9. The van der Waals surface area contributed by atoms with Crippen molar-refractivity contribution < 1.29 is 9.13 Å². The van der Waals surface area contributed by atoms with Gasteiger partial charge in [-0.1, -0.05) is 18.2 Å². The van der Waals surface area contributed by atoms with Crippen LogP contribution in [0.1, 0.15) is 12.0 Å². The molecule has 1 aromatic carbocycles. The fraction of sp³-hybridized carbons (Fsp3) is 0.389. The maximum atomic E-state index is 14.0. The van der Waals surface area contributed by atoms with Gasteiger partial charge in [-0.25, -0.2) is 9.18 Å². The Morgan fingerprint density at radius 1 is 1.19 bits per heavy atom. The van der Waals surface area contributed by atoms with Gasteiger partial charge in [-0.3, -0.25) is 13.9 Å². The number of halogens is 1. The molecule has 0 unspecified atom stereocenters. The van der Waals surface area contributed by atoms with Crippen LogP contribution < -0.4 is 16.6 Å². The number of ether oxygens (including phenoxy) is 1. The van der Waals surface area contributed by atoms with Crippen LogP contribution >= 0.6 is 0 Å². The van der Waals surface area contributed by atoms with Gasteiger partial charge in [-0.15, -0.1) is 0 Å². The summed E-state index contributed by atoms with van der Waals surface area (Å²) in [6.45, 7) is 1.07. The molecule has 0 atom stereocenters. The third kappa shape index (κ3) is 3.50. The Morgan fingerprint density at radius 3 is 2.63 bits per heavy atom. The van der Waals surface area contributed by atoms with Crippen LogP contribution in [0.3, 0.4) is 0 Å². The molecule has 0 saturated carbocycles. The summed E-state index contributed by atoms with van der Waals surface area (Å²) in [5.41, 5.74) is -0.207. The Balaban J connectivity index is 2.07. The molecule has 0 saturated heterocycles. The molecule has 27 heavy (non-hydrogen) atoms. The van der Waals surface area contributed by atoms with Crippen molar-refractivity contribution in [1.29, 1.82) is 0 Å². The summed E-state index contributed by atoms with van der Waals surface area (Å²) in [6, 6.07) is 6.08. The number of hydrogen-bond donors (Lipinski definition) is 1. The fourth-order valence-corrected chi connectivity index (χ4v) is 2.95. The van der Waals surface area contributed by atoms with Crippen LogP contribution in [0.2, 0.25) is 0 Å². The Kier molecular flexibility index (Phi) is 5.41. The topological polar surface area (TPSA) is 83.1 Å². The third-order valence-corrected chi connectivity index (χ3v) is 4.45. The van der Waals surface area contributed by atoms with E-state index in [9.17, 15) is 14.0 Å². The van der Waals surface area contributed by atoms with E-state index in [0.717, 1.165) is 11.0 Å². The number of benzene rings is 1. The van der Waals surface area contributed by atoms with E-state index in [1.54, 1.807) is 44.0 Å². The van der Waals surface area contributed by atoms with Crippen molar-refractivity contribution in [2.24, 2.45) is 14.1 Å². The van der Waals surface area contributed by atoms with Gasteiger partial charge in [-0.2, -0.15) is 4.98 Å². The summed E-state index contributed by atoms with van der Waals surface area (Å²) in [4.78, 5) is 30.0. The maximum absolute atomic E-state index is 14.0. The molecule has 144 valence electrons. The fourth-order valence-electron chi connectivity index (χ4n) is 2.95. The lowest BCUT2D eigenvalue weighted by Crippen LogP contribution is -2.40. The first kappa shape index (κ1) is 18.8. The molecule has 0 spiro atoms. The first-order valence-corrected chi connectivity index (χ1v) is 8.58. The Bertz CT molecular complexity index is 1080. The highest BCUT2D eigenvalue weighted by Crippen LogP contribution is 2.14. The molecule has 0 amide bonds. The van der Waals surface area contributed by atoms with Gasteiger partial charge in [0.15, 0.2) is 11.2 Å². The second-order valence-electron chi connectivity index (χ2n) is 6.26. The average Bonchev–Trinajstić information content (AvgIpc) is 2.99. The Labute approximate surface area is 154 Å². The van der Waals surface area contributed by atoms with Crippen LogP contribution in [0.5, 0.6) is 0 Å². The number of rotatable bonds is 7. The molecule has 2 aromatic heterocycles. The average molecular weight is 375 g/mol. The summed E-state index contributed by atoms with van der Waals surface area (Å²) in [5, 5.41) is 3.14. The molecule has 0 bridgehead atoms. The lowest BCUT2D eigenvalue weighted by atomic mass is 10.2. The number of hydrogen-bond acceptors (Lipinski definition) is 5. The second kappa shape index (κ2) is 7.75. The van der Waals surface area contributed by atoms with Crippen LogP contribution in [0.25, 0.3) is 11.2 Å². The number of aryl methyl sites for hydroxylation is 2. The SMILES string of the molecule is COCCCNc1nc2c(c(=O)n(Cc3ccccc3F)c(=O)n2C)n1C. The van der Waals surface area contributed by atoms with Gasteiger partial charge in [0.2, 0.25) is 5.95 Å². The van der Waals surface area contributed by atoms with E-state index in [4.69, 9.17) is 4.74 Å². The predicted octanol–water partition coefficient (Wildman–Crippen LogP) is 1.07. The van der Waals surface area contributed by atoms with Crippen LogP contribution in [-0.2, 0) is 25.4 Å². The Hall–Kier alpha value is -2.94. The smallest absolute Gasteiger partial charge is 0.332 e. The molecule has 0 aliphatic rings. The van der Waals surface area contributed by atoms with Crippen molar-refractivity contribution in [3.05, 3.63) is 56.5 Å². The van der Waals surface area contributed by atoms with Crippen LogP contribution in [0.15, 0.2) is 33.9 Å². The highest BCUT2D eigenvalue weighted by Gasteiger charge is 2.19. The monoisotopic (exact) mass is 375 g/mol. The second-order valence-corrected chi connectivity index (χ2v) is 6.26. The van der Waals surface area contributed by atoms with Crippen molar-refractivity contribution in [3.63, 3.8) is 0 Å². The number of methoxy groups -OCH3 is 1. The quantitative estimate of drug-likeness (QED) is 0.625. The minimum absolute atomic E-state index is 0.143. The number of imidazole rings is 1. The molecule has 0 radical (unpaired) electrons. The maximum Gasteiger partial charge on any atom is 0.332 e. The van der Waals surface area contributed by atoms with Gasteiger partial charge < -0.3 is 14.6 Å². The largest absolute Gasteiger partial charge is 0.385 e. The predicted molar refractivity (Wildman–Crippen MR) is 101 cm³/mol. The van der Waals surface area contributed by atoms with Crippen molar-refractivity contribution in [2.75, 3.05) is 25.6 Å². The number of anilines is 1. The molecule has 0 aliphatic carbocycles. The first-order chi connectivity index (χ1) is 13.0. The van der Waals surface area contributed by atoms with Crippen LogP contribution in [-0.4, -0.2) is 38.9 Å². The highest BCUT2D eigenvalue weighted by molar-refractivity contribution is 5.74. The number of nitrogens with one attached hydrogen (secondary N) is 1. The van der Waals surface area contributed by atoms with E-state index in [1.807, 2.05) is 0 Å². The molecule has 3 rings (SSSR count). The van der Waals surface area contributed by atoms with E-state index in [-0.39, 0.29) is 23.3 Å². The molecule has 9 heteroatoms. The number of aromatic nitrogens is 4. The summed E-state index contributed by atoms with van der Waals surface area (Å²) in [5.74, 6) is 0.0221. The molecule has 3 aromatic rings. The summed E-state index contributed by atoms with van der Waals surface area (Å²) in [6.07, 6.45) is 0.774. The molecule has 8 nitrogen and oxygen atoms in total. The molecule has 0 aliphatic heterocycles. The van der Waals surface area contributed by atoms with E-state index in [2.05, 4.69) is 10.3 Å². The number of fused-ring (bicyclic) bond motifs is 1. The van der Waals surface area contributed by atoms with Gasteiger partial charge in [-0.05, 0) is 12.5 Å². The van der Waals surface area contributed by atoms with Gasteiger partial charge in [0.25, 0.3) is 5.56 Å². The minimum Gasteiger partial charge on any atom is -0.385 e. The van der Waals surface area contributed by atoms with Gasteiger partial charge in [0, 0.05) is 39.9 Å². The standard InChI is InChI=1S/C18H22FN5O3/c1-22-14-15(21-17(22)20-9-6-10-27-3)23(2)18(26)24(16(14)25)11-12-7-4-5-8-13(12)19/h4-5,7-8H,6,9-11H2,1-3H3,(H,20,21). The third-order valence-electron chi connectivity index (χ3n) is 4.45. The highest BCUT2D eigenvalue weighted by atomic mass is 19.1. The lowest BCUT2D eigenvalue weighted by Gasteiger charge is -2.09.